The number of nitrogens with one attached hydrogen (secondary N) is 2. The van der Waals surface area contributed by atoms with Crippen LogP contribution in [0.3, 0.4) is 0 Å². The first kappa shape index (κ1) is 25.6. The molecule has 5 rings (SSSR count). The average molecular weight is 516 g/mol. The summed E-state index contributed by atoms with van der Waals surface area (Å²) in [6.45, 7) is 5.80. The second-order valence-corrected chi connectivity index (χ2v) is 10.2. The number of anilines is 1. The molecule has 11 heteroatoms. The Morgan fingerprint density at radius 3 is 2.43 bits per heavy atom. The number of piperazine rings is 1. The van der Waals surface area contributed by atoms with Gasteiger partial charge in [-0.1, -0.05) is 12.8 Å². The maximum atomic E-state index is 15.3. The lowest BCUT2D eigenvalue weighted by Crippen LogP contribution is -2.52. The number of rotatable bonds is 9. The molecule has 2 aliphatic heterocycles. The Kier molecular flexibility index (Phi) is 7.19. The van der Waals surface area contributed by atoms with Crippen LogP contribution in [0.15, 0.2) is 12.3 Å². The van der Waals surface area contributed by atoms with Crippen molar-refractivity contribution in [2.24, 2.45) is 11.7 Å². The molecule has 9 nitrogen and oxygen atoms in total. The molecule has 1 aromatic carbocycles. The number of nitrogens with zero attached hydrogens (tertiary/aromatic N) is 4. The fourth-order valence-electron chi connectivity index (χ4n) is 5.01. The van der Waals surface area contributed by atoms with E-state index in [0.717, 1.165) is 45.6 Å². The smallest absolute Gasteiger partial charge is 0.223 e. The van der Waals surface area contributed by atoms with E-state index in [9.17, 15) is 0 Å². The van der Waals surface area contributed by atoms with Gasteiger partial charge in [0.05, 0.1) is 31.2 Å². The normalized spacial score (nSPS) is 22.2. The summed E-state index contributed by atoms with van der Waals surface area (Å²) in [6, 6.07) is 1.19. The van der Waals surface area contributed by atoms with E-state index in [1.54, 1.807) is 12.3 Å². The summed E-state index contributed by atoms with van der Waals surface area (Å²) in [4.78, 5) is 14.0. The molecule has 1 unspecified atom stereocenters. The van der Waals surface area contributed by atoms with Gasteiger partial charge in [-0.2, -0.15) is 0 Å². The molecular weight excluding hydrogens is 480 g/mol. The van der Waals surface area contributed by atoms with Gasteiger partial charge in [0.1, 0.15) is 5.66 Å². The molecule has 1 saturated carbocycles. The van der Waals surface area contributed by atoms with Gasteiger partial charge >= 0.3 is 0 Å². The highest BCUT2D eigenvalue weighted by Crippen LogP contribution is 2.43. The number of nitrogens with two attached hydrogens (primary N) is 1. The minimum atomic E-state index is -1.12. The highest BCUT2D eigenvalue weighted by atomic mass is 19.1. The lowest BCUT2D eigenvalue weighted by Gasteiger charge is -2.37. The van der Waals surface area contributed by atoms with E-state index in [2.05, 4.69) is 32.5 Å². The monoisotopic (exact) mass is 515 g/mol. The summed E-state index contributed by atoms with van der Waals surface area (Å²) in [6.07, 6.45) is 5.99. The first-order valence-electron chi connectivity index (χ1n) is 12.7. The van der Waals surface area contributed by atoms with E-state index in [-0.39, 0.29) is 22.8 Å². The van der Waals surface area contributed by atoms with E-state index in [4.69, 9.17) is 20.2 Å². The number of halogens is 2. The molecule has 4 N–H and O–H groups in total. The zero-order valence-corrected chi connectivity index (χ0v) is 21.6. The molecule has 37 heavy (non-hydrogen) atoms. The van der Waals surface area contributed by atoms with Crippen molar-refractivity contribution in [3.8, 4) is 11.5 Å². The predicted octanol–water partition coefficient (Wildman–Crippen LogP) is 2.44. The number of hydrogen-bond donors (Lipinski definition) is 3. The van der Waals surface area contributed by atoms with E-state index >= 15 is 8.78 Å². The number of benzene rings is 1. The van der Waals surface area contributed by atoms with E-state index in [1.165, 1.54) is 20.3 Å². The van der Waals surface area contributed by atoms with Gasteiger partial charge in [0.2, 0.25) is 5.95 Å². The summed E-state index contributed by atoms with van der Waals surface area (Å²) in [5.74, 6) is -1.01. The van der Waals surface area contributed by atoms with Crippen LogP contribution in [-0.4, -0.2) is 80.3 Å². The van der Waals surface area contributed by atoms with Crippen molar-refractivity contribution in [1.29, 1.82) is 0 Å². The molecule has 0 radical (unpaired) electrons. The number of likely N-dealkylation sites (N-methyl/N-ethyl adjacent to an activating group) is 1. The van der Waals surface area contributed by atoms with Crippen molar-refractivity contribution in [3.05, 3.63) is 40.7 Å². The van der Waals surface area contributed by atoms with Crippen molar-refractivity contribution >= 4 is 17.7 Å². The zero-order valence-electron chi connectivity index (χ0n) is 21.6. The Morgan fingerprint density at radius 2 is 1.81 bits per heavy atom. The summed E-state index contributed by atoms with van der Waals surface area (Å²) in [5.41, 5.74) is 6.93. The molecule has 2 fully saturated rings. The van der Waals surface area contributed by atoms with Crippen molar-refractivity contribution in [1.82, 2.24) is 25.1 Å². The second-order valence-electron chi connectivity index (χ2n) is 10.2. The van der Waals surface area contributed by atoms with Crippen molar-refractivity contribution in [3.63, 3.8) is 0 Å². The third-order valence-corrected chi connectivity index (χ3v) is 7.35. The van der Waals surface area contributed by atoms with Crippen LogP contribution in [0.25, 0.3) is 11.8 Å². The topological polar surface area (TPSA) is 101 Å². The number of aromatic nitrogens is 2. The molecule has 0 amide bonds. The maximum Gasteiger partial charge on any atom is 0.223 e. The first-order valence-corrected chi connectivity index (χ1v) is 12.7. The molecule has 1 aliphatic carbocycles. The summed E-state index contributed by atoms with van der Waals surface area (Å²) in [7, 11) is 4.78. The van der Waals surface area contributed by atoms with Crippen LogP contribution in [0, 0.1) is 17.6 Å². The van der Waals surface area contributed by atoms with E-state index in [0.29, 0.717) is 36.1 Å². The lowest BCUT2D eigenvalue weighted by atomic mass is 9.90. The molecule has 1 saturated heterocycles. The predicted molar refractivity (Wildman–Crippen MR) is 138 cm³/mol. The first-order chi connectivity index (χ1) is 17.8. The van der Waals surface area contributed by atoms with Gasteiger partial charge in [-0.25, -0.2) is 18.7 Å². The molecule has 0 bridgehead atoms. The standard InChI is InChI=1S/C26H35F2N7O2/c1-34-8-10-35(11-9-34)7-6-30-25-31-15-17-12-18(33-26(29,24(17)32-25)14-16-4-5-16)21-22(27)19(36-2)13-20(37-3)23(21)28/h12-13,15-16,33H,4-11,14,29H2,1-3H3,(H,30,31,32). The van der Waals surface area contributed by atoms with Gasteiger partial charge in [0.15, 0.2) is 23.1 Å². The number of hydrogen-bond acceptors (Lipinski definition) is 9. The minimum Gasteiger partial charge on any atom is -0.494 e. The number of fused-ring (bicyclic) bond motifs is 1. The van der Waals surface area contributed by atoms with Gasteiger partial charge in [-0.05, 0) is 25.5 Å². The highest BCUT2D eigenvalue weighted by Gasteiger charge is 2.42. The number of ether oxygens (including phenoxy) is 2. The minimum absolute atomic E-state index is 0.122. The molecule has 1 atom stereocenters. The Morgan fingerprint density at radius 1 is 1.14 bits per heavy atom. The van der Waals surface area contributed by atoms with E-state index < -0.39 is 17.3 Å². The molecular formula is C26H35F2N7O2. The molecule has 2 aromatic rings. The molecule has 3 aliphatic rings. The number of methoxy groups -OCH3 is 2. The average Bonchev–Trinajstić information content (AvgIpc) is 3.69. The van der Waals surface area contributed by atoms with E-state index in [1.807, 2.05) is 0 Å². The quantitative estimate of drug-likeness (QED) is 0.465. The Balaban J connectivity index is 1.44. The Hall–Kier alpha value is -3.02. The van der Waals surface area contributed by atoms with Crippen molar-refractivity contribution < 1.29 is 18.3 Å². The zero-order chi connectivity index (χ0) is 26.2. The summed E-state index contributed by atoms with van der Waals surface area (Å²) in [5, 5.41) is 6.53. The maximum absolute atomic E-state index is 15.3. The largest absolute Gasteiger partial charge is 0.494 e. The van der Waals surface area contributed by atoms with Gasteiger partial charge < -0.3 is 30.7 Å². The van der Waals surface area contributed by atoms with Gasteiger partial charge in [0.25, 0.3) is 0 Å². The molecule has 3 heterocycles. The summed E-state index contributed by atoms with van der Waals surface area (Å²) >= 11 is 0. The van der Waals surface area contributed by atoms with Crippen LogP contribution in [-0.2, 0) is 5.66 Å². The fraction of sp³-hybridized carbons (Fsp3) is 0.538. The van der Waals surface area contributed by atoms with Crippen LogP contribution < -0.4 is 25.8 Å². The van der Waals surface area contributed by atoms with Crippen LogP contribution in [0.1, 0.15) is 36.1 Å². The van der Waals surface area contributed by atoms with Crippen LogP contribution >= 0.6 is 0 Å². The van der Waals surface area contributed by atoms with Gasteiger partial charge in [-0.3, -0.25) is 4.90 Å². The Bertz CT molecular complexity index is 1150. The van der Waals surface area contributed by atoms with Crippen LogP contribution in [0.4, 0.5) is 14.7 Å². The third kappa shape index (κ3) is 5.34. The highest BCUT2D eigenvalue weighted by molar-refractivity contribution is 5.85. The van der Waals surface area contributed by atoms with Crippen molar-refractivity contribution in [2.75, 3.05) is 65.9 Å². The van der Waals surface area contributed by atoms with Gasteiger partial charge in [-0.15, -0.1) is 0 Å². The molecule has 0 spiro atoms. The SMILES string of the molecule is COc1cc(OC)c(F)c(C2=Cc3cnc(NCCN4CCN(C)CC4)nc3C(N)(CC3CC3)N2)c1F. The lowest BCUT2D eigenvalue weighted by molar-refractivity contribution is 0.158. The summed E-state index contributed by atoms with van der Waals surface area (Å²) < 4.78 is 40.9. The molecule has 1 aromatic heterocycles. The Labute approximate surface area is 216 Å². The fourth-order valence-corrected chi connectivity index (χ4v) is 5.01. The van der Waals surface area contributed by atoms with Gasteiger partial charge in [0, 0.05) is 57.1 Å². The third-order valence-electron chi connectivity index (χ3n) is 7.35. The van der Waals surface area contributed by atoms with Crippen LogP contribution in [0.2, 0.25) is 0 Å². The second kappa shape index (κ2) is 10.4. The molecule has 200 valence electrons. The van der Waals surface area contributed by atoms with Crippen LogP contribution in [0.5, 0.6) is 11.5 Å². The van der Waals surface area contributed by atoms with Crippen molar-refractivity contribution in [2.45, 2.75) is 24.9 Å².